The van der Waals surface area contributed by atoms with Crippen LogP contribution in [0.1, 0.15) is 58.4 Å². The number of pyridine rings is 1. The Morgan fingerprint density at radius 1 is 1.14 bits per heavy atom. The monoisotopic (exact) mass is 612 g/mol. The summed E-state index contributed by atoms with van der Waals surface area (Å²) in [4.78, 5) is 25.1. The number of hydrogen-bond acceptors (Lipinski definition) is 7. The summed E-state index contributed by atoms with van der Waals surface area (Å²) >= 11 is 0. The fraction of sp³-hybridized carbons (Fsp3) is 0.536. The van der Waals surface area contributed by atoms with E-state index in [1.807, 2.05) is 18.6 Å². The summed E-state index contributed by atoms with van der Waals surface area (Å²) < 4.78 is 79.8. The predicted molar refractivity (Wildman–Crippen MR) is 156 cm³/mol. The minimum absolute atomic E-state index is 0.152. The van der Waals surface area contributed by atoms with E-state index in [0.717, 1.165) is 37.8 Å². The molecule has 0 unspecified atom stereocenters. The van der Waals surface area contributed by atoms with Crippen molar-refractivity contribution in [2.45, 2.75) is 76.7 Å². The normalized spacial score (nSPS) is 18.8. The van der Waals surface area contributed by atoms with E-state index in [0.29, 0.717) is 29.4 Å². The van der Waals surface area contributed by atoms with Crippen LogP contribution in [-0.2, 0) is 10.0 Å². The molecule has 1 fully saturated rings. The van der Waals surface area contributed by atoms with E-state index in [9.17, 15) is 30.8 Å². The van der Waals surface area contributed by atoms with Crippen LogP contribution in [0.4, 0.5) is 29.2 Å². The minimum Gasteiger partial charge on any atom is -0.351 e. The number of nitrogens with zero attached hydrogens (tertiary/aromatic N) is 4. The Kier molecular flexibility index (Phi) is 9.46. The second kappa shape index (κ2) is 12.5. The van der Waals surface area contributed by atoms with Gasteiger partial charge in [-0.2, -0.15) is 18.2 Å². The van der Waals surface area contributed by atoms with Crippen molar-refractivity contribution in [2.75, 3.05) is 29.9 Å². The van der Waals surface area contributed by atoms with Gasteiger partial charge < -0.3 is 10.2 Å². The lowest BCUT2D eigenvalue weighted by Crippen LogP contribution is -2.36. The molecule has 0 amide bonds. The number of anilines is 2. The Balaban J connectivity index is 1.64. The summed E-state index contributed by atoms with van der Waals surface area (Å²) in [5, 5.41) is 3.97. The maximum atomic E-state index is 15.0. The molecule has 1 aromatic carbocycles. The second-order valence-corrected chi connectivity index (χ2v) is 12.9. The first kappa shape index (κ1) is 31.7. The van der Waals surface area contributed by atoms with Crippen LogP contribution in [-0.4, -0.2) is 66.0 Å². The molecular formula is C28H36F4N6O3S. The second-order valence-electron chi connectivity index (χ2n) is 11.1. The number of aromatic nitrogens is 3. The first-order chi connectivity index (χ1) is 19.7. The maximum absolute atomic E-state index is 15.0. The molecule has 0 saturated heterocycles. The number of hydrogen-bond donors (Lipinski definition) is 2. The Bertz CT molecular complexity index is 1580. The fourth-order valence-corrected chi connectivity index (χ4v) is 6.24. The van der Waals surface area contributed by atoms with Crippen molar-refractivity contribution in [1.29, 1.82) is 0 Å². The molecule has 0 aliphatic heterocycles. The summed E-state index contributed by atoms with van der Waals surface area (Å²) in [6.07, 6.45) is 0.0556. The van der Waals surface area contributed by atoms with Gasteiger partial charge in [0.1, 0.15) is 11.5 Å². The van der Waals surface area contributed by atoms with E-state index in [4.69, 9.17) is 4.98 Å². The van der Waals surface area contributed by atoms with Crippen molar-refractivity contribution in [3.8, 4) is 11.1 Å². The zero-order chi connectivity index (χ0) is 30.8. The summed E-state index contributed by atoms with van der Waals surface area (Å²) in [6.45, 7) is 3.81. The van der Waals surface area contributed by atoms with Gasteiger partial charge in [-0.1, -0.05) is 13.0 Å². The molecule has 2 aromatic heterocycles. The first-order valence-electron chi connectivity index (χ1n) is 13.9. The highest BCUT2D eigenvalue weighted by atomic mass is 32.2. The molecule has 2 N–H and O–H groups in total. The Morgan fingerprint density at radius 2 is 1.83 bits per heavy atom. The van der Waals surface area contributed by atoms with Gasteiger partial charge in [0.2, 0.25) is 16.0 Å². The van der Waals surface area contributed by atoms with E-state index < -0.39 is 45.4 Å². The topological polar surface area (TPSA) is 109 Å². The van der Waals surface area contributed by atoms with Crippen molar-refractivity contribution in [3.05, 3.63) is 46.6 Å². The SMILES string of the molecule is CC[C@H](C)n1c(=O)c(-c2ccc(NS(=O)(=O)CCC(F)(F)F)c(F)c2)cc2cnc(NC3CCC(N(C)C)CC3)nc21. The summed E-state index contributed by atoms with van der Waals surface area (Å²) in [7, 11) is -0.281. The van der Waals surface area contributed by atoms with E-state index in [1.165, 1.54) is 6.07 Å². The summed E-state index contributed by atoms with van der Waals surface area (Å²) in [5.41, 5.74) is -0.158. The van der Waals surface area contributed by atoms with Crippen molar-refractivity contribution in [3.63, 3.8) is 0 Å². The maximum Gasteiger partial charge on any atom is 0.390 e. The minimum atomic E-state index is -4.67. The van der Waals surface area contributed by atoms with Gasteiger partial charge in [-0.25, -0.2) is 17.8 Å². The first-order valence-corrected chi connectivity index (χ1v) is 15.5. The molecule has 0 radical (unpaired) electrons. The van der Waals surface area contributed by atoms with Gasteiger partial charge in [-0.05, 0) is 76.9 Å². The summed E-state index contributed by atoms with van der Waals surface area (Å²) in [5.74, 6) is -1.85. The molecule has 1 atom stereocenters. The number of benzene rings is 1. The van der Waals surface area contributed by atoms with Crippen molar-refractivity contribution in [1.82, 2.24) is 19.4 Å². The molecule has 14 heteroatoms. The van der Waals surface area contributed by atoms with Gasteiger partial charge in [0.15, 0.2) is 0 Å². The zero-order valence-corrected chi connectivity index (χ0v) is 24.8. The smallest absolute Gasteiger partial charge is 0.351 e. The lowest BCUT2D eigenvalue weighted by molar-refractivity contribution is -0.129. The third-order valence-electron chi connectivity index (χ3n) is 7.76. The molecule has 9 nitrogen and oxygen atoms in total. The molecule has 42 heavy (non-hydrogen) atoms. The molecule has 1 aliphatic rings. The number of alkyl halides is 3. The van der Waals surface area contributed by atoms with Gasteiger partial charge in [0, 0.05) is 35.3 Å². The quantitative estimate of drug-likeness (QED) is 0.289. The van der Waals surface area contributed by atoms with Crippen molar-refractivity contribution in [2.24, 2.45) is 0 Å². The van der Waals surface area contributed by atoms with Crippen LogP contribution >= 0.6 is 0 Å². The zero-order valence-electron chi connectivity index (χ0n) is 24.0. The van der Waals surface area contributed by atoms with Gasteiger partial charge in [-0.15, -0.1) is 0 Å². The van der Waals surface area contributed by atoms with E-state index >= 15 is 0 Å². The fourth-order valence-electron chi connectivity index (χ4n) is 5.14. The molecule has 0 spiro atoms. The average molecular weight is 613 g/mol. The van der Waals surface area contributed by atoms with Crippen LogP contribution < -0.4 is 15.6 Å². The number of nitrogens with one attached hydrogen (secondary N) is 2. The van der Waals surface area contributed by atoms with Crippen molar-refractivity contribution < 1.29 is 26.0 Å². The third-order valence-corrected chi connectivity index (χ3v) is 9.04. The highest BCUT2D eigenvalue weighted by Crippen LogP contribution is 2.29. The number of fused-ring (bicyclic) bond motifs is 1. The van der Waals surface area contributed by atoms with Crippen LogP contribution in [0.2, 0.25) is 0 Å². The summed E-state index contributed by atoms with van der Waals surface area (Å²) in [6, 6.07) is 5.48. The Hall–Kier alpha value is -3.26. The van der Waals surface area contributed by atoms with Crippen LogP contribution in [0.25, 0.3) is 22.2 Å². The van der Waals surface area contributed by atoms with E-state index in [-0.39, 0.29) is 23.2 Å². The molecular weight excluding hydrogens is 576 g/mol. The standard InChI is InChI=1S/C28H36F4N6O3S/c1-5-17(2)38-25-19(16-33-27(35-25)34-20-7-9-21(10-8-20)37(3)4)14-22(26(38)39)18-6-11-24(23(29)15-18)36-42(40,41)13-12-28(30,31)32/h6,11,14-17,20-21,36H,5,7-10,12-13H2,1-4H3,(H,33,34,35)/t17-,20?,21?/m0/s1. The van der Waals surface area contributed by atoms with Gasteiger partial charge in [0.05, 0.1) is 17.9 Å². The highest BCUT2D eigenvalue weighted by molar-refractivity contribution is 7.92. The van der Waals surface area contributed by atoms with Crippen LogP contribution in [0.3, 0.4) is 0 Å². The molecule has 2 heterocycles. The van der Waals surface area contributed by atoms with Gasteiger partial charge in [-0.3, -0.25) is 14.1 Å². The van der Waals surface area contributed by atoms with E-state index in [2.05, 4.69) is 29.3 Å². The van der Waals surface area contributed by atoms with Crippen LogP contribution in [0.15, 0.2) is 35.3 Å². The third kappa shape index (κ3) is 7.57. The Labute approximate surface area is 242 Å². The van der Waals surface area contributed by atoms with Crippen molar-refractivity contribution >= 4 is 32.7 Å². The van der Waals surface area contributed by atoms with Gasteiger partial charge >= 0.3 is 6.18 Å². The average Bonchev–Trinajstić information content (AvgIpc) is 2.92. The highest BCUT2D eigenvalue weighted by Gasteiger charge is 2.30. The lowest BCUT2D eigenvalue weighted by Gasteiger charge is -2.33. The number of halogens is 4. The molecule has 0 bridgehead atoms. The molecule has 3 aromatic rings. The van der Waals surface area contributed by atoms with Crippen LogP contribution in [0, 0.1) is 5.82 Å². The number of rotatable bonds is 10. The molecule has 1 saturated carbocycles. The molecule has 230 valence electrons. The number of sulfonamides is 1. The largest absolute Gasteiger partial charge is 0.390 e. The Morgan fingerprint density at radius 3 is 2.43 bits per heavy atom. The predicted octanol–water partition coefficient (Wildman–Crippen LogP) is 5.55. The van der Waals surface area contributed by atoms with Gasteiger partial charge in [0.25, 0.3) is 5.56 Å². The molecule has 1 aliphatic carbocycles. The molecule has 4 rings (SSSR count). The van der Waals surface area contributed by atoms with E-state index in [1.54, 1.807) is 16.8 Å². The van der Waals surface area contributed by atoms with Crippen LogP contribution in [0.5, 0.6) is 0 Å². The lowest BCUT2D eigenvalue weighted by atomic mass is 9.91.